The maximum Gasteiger partial charge on any atom is 0.407 e. The third-order valence-electron chi connectivity index (χ3n) is 3.51. The molecule has 0 radical (unpaired) electrons. The number of para-hydroxylation sites is 1. The van der Waals surface area contributed by atoms with Crippen molar-refractivity contribution in [1.82, 2.24) is 5.32 Å². The Hall–Kier alpha value is -2.57. The standard InChI is InChI=1S/C20H26N2O4/c1-20(2,3)26-19(25)21-13-17(23)18(24)14-8-7-11-16(12-14)22-15-9-5-4-6-10-15/h4-12,17-18,22-24H,13H2,1-3H3,(H,21,25). The minimum atomic E-state index is -1.16. The van der Waals surface area contributed by atoms with E-state index < -0.39 is 23.9 Å². The summed E-state index contributed by atoms with van der Waals surface area (Å²) in [4.78, 5) is 11.6. The maximum absolute atomic E-state index is 11.6. The maximum atomic E-state index is 11.6. The fraction of sp³-hybridized carbons (Fsp3) is 0.350. The summed E-state index contributed by atoms with van der Waals surface area (Å²) in [5, 5.41) is 26.2. The molecule has 0 bridgehead atoms. The number of anilines is 2. The second-order valence-electron chi connectivity index (χ2n) is 7.01. The Balaban J connectivity index is 1.95. The lowest BCUT2D eigenvalue weighted by Crippen LogP contribution is -2.38. The summed E-state index contributed by atoms with van der Waals surface area (Å²) < 4.78 is 5.11. The van der Waals surface area contributed by atoms with Gasteiger partial charge >= 0.3 is 6.09 Å². The third-order valence-corrected chi connectivity index (χ3v) is 3.51. The quantitative estimate of drug-likeness (QED) is 0.636. The predicted octanol–water partition coefficient (Wildman–Crippen LogP) is 3.35. The highest BCUT2D eigenvalue weighted by Crippen LogP contribution is 2.23. The van der Waals surface area contributed by atoms with Gasteiger partial charge < -0.3 is 25.6 Å². The van der Waals surface area contributed by atoms with E-state index in [2.05, 4.69) is 10.6 Å². The zero-order chi connectivity index (χ0) is 19.2. The van der Waals surface area contributed by atoms with E-state index in [0.29, 0.717) is 5.56 Å². The highest BCUT2D eigenvalue weighted by Gasteiger charge is 2.21. The van der Waals surface area contributed by atoms with Crippen molar-refractivity contribution in [3.05, 3.63) is 60.2 Å². The van der Waals surface area contributed by atoms with Gasteiger partial charge in [-0.05, 0) is 50.6 Å². The molecule has 0 aliphatic carbocycles. The number of nitrogens with one attached hydrogen (secondary N) is 2. The van der Waals surface area contributed by atoms with Crippen molar-refractivity contribution in [2.24, 2.45) is 0 Å². The Morgan fingerprint density at radius 2 is 1.69 bits per heavy atom. The molecule has 2 atom stereocenters. The van der Waals surface area contributed by atoms with Crippen LogP contribution in [0.15, 0.2) is 54.6 Å². The molecule has 140 valence electrons. The number of carbonyl (C=O) groups excluding carboxylic acids is 1. The van der Waals surface area contributed by atoms with E-state index >= 15 is 0 Å². The van der Waals surface area contributed by atoms with Gasteiger partial charge in [0.25, 0.3) is 0 Å². The SMILES string of the molecule is CC(C)(C)OC(=O)NCC(O)C(O)c1cccc(Nc2ccccc2)c1. The van der Waals surface area contributed by atoms with Gasteiger partial charge in [0.1, 0.15) is 17.8 Å². The summed E-state index contributed by atoms with van der Waals surface area (Å²) in [6, 6.07) is 16.8. The van der Waals surface area contributed by atoms with Crippen molar-refractivity contribution in [2.45, 2.75) is 38.6 Å². The highest BCUT2D eigenvalue weighted by atomic mass is 16.6. The summed E-state index contributed by atoms with van der Waals surface area (Å²) in [7, 11) is 0. The number of ether oxygens (including phenoxy) is 1. The first-order valence-corrected chi connectivity index (χ1v) is 8.49. The molecule has 0 aliphatic heterocycles. The smallest absolute Gasteiger partial charge is 0.407 e. The summed E-state index contributed by atoms with van der Waals surface area (Å²) in [6.45, 7) is 5.14. The highest BCUT2D eigenvalue weighted by molar-refractivity contribution is 5.67. The van der Waals surface area contributed by atoms with Crippen molar-refractivity contribution in [2.75, 3.05) is 11.9 Å². The molecule has 26 heavy (non-hydrogen) atoms. The van der Waals surface area contributed by atoms with E-state index in [1.807, 2.05) is 36.4 Å². The van der Waals surface area contributed by atoms with Gasteiger partial charge in [-0.3, -0.25) is 0 Å². The lowest BCUT2D eigenvalue weighted by Gasteiger charge is -2.22. The topological polar surface area (TPSA) is 90.8 Å². The molecule has 2 unspecified atom stereocenters. The van der Waals surface area contributed by atoms with Gasteiger partial charge in [-0.15, -0.1) is 0 Å². The number of aliphatic hydroxyl groups is 2. The first-order chi connectivity index (χ1) is 12.2. The average Bonchev–Trinajstić information content (AvgIpc) is 2.58. The third kappa shape index (κ3) is 6.38. The zero-order valence-corrected chi connectivity index (χ0v) is 15.3. The summed E-state index contributed by atoms with van der Waals surface area (Å²) in [5.74, 6) is 0. The normalized spacial score (nSPS) is 13.6. The van der Waals surface area contributed by atoms with Crippen molar-refractivity contribution < 1.29 is 19.7 Å². The second kappa shape index (κ2) is 8.69. The molecule has 6 nitrogen and oxygen atoms in total. The van der Waals surface area contributed by atoms with E-state index in [9.17, 15) is 15.0 Å². The summed E-state index contributed by atoms with van der Waals surface area (Å²) in [5.41, 5.74) is 1.64. The van der Waals surface area contributed by atoms with Crippen LogP contribution in [-0.4, -0.2) is 34.6 Å². The number of alkyl carbamates (subject to hydrolysis) is 1. The number of benzene rings is 2. The van der Waals surface area contributed by atoms with Crippen molar-refractivity contribution in [3.8, 4) is 0 Å². The molecule has 4 N–H and O–H groups in total. The minimum Gasteiger partial charge on any atom is -0.444 e. The van der Waals surface area contributed by atoms with Gasteiger partial charge in [0.05, 0.1) is 0 Å². The van der Waals surface area contributed by atoms with E-state index in [1.54, 1.807) is 39.0 Å². The minimum absolute atomic E-state index is 0.119. The fourth-order valence-corrected chi connectivity index (χ4v) is 2.32. The lowest BCUT2D eigenvalue weighted by atomic mass is 10.0. The van der Waals surface area contributed by atoms with Crippen LogP contribution in [0.1, 0.15) is 32.4 Å². The lowest BCUT2D eigenvalue weighted by molar-refractivity contribution is 0.0129. The molecule has 6 heteroatoms. The average molecular weight is 358 g/mol. The zero-order valence-electron chi connectivity index (χ0n) is 15.3. The number of amides is 1. The van der Waals surface area contributed by atoms with E-state index in [0.717, 1.165) is 11.4 Å². The Labute approximate surface area is 153 Å². The van der Waals surface area contributed by atoms with Crippen LogP contribution in [0.25, 0.3) is 0 Å². The van der Waals surface area contributed by atoms with E-state index in [4.69, 9.17) is 4.74 Å². The molecule has 0 heterocycles. The van der Waals surface area contributed by atoms with Crippen LogP contribution in [0.4, 0.5) is 16.2 Å². The van der Waals surface area contributed by atoms with Gasteiger partial charge in [0.2, 0.25) is 0 Å². The van der Waals surface area contributed by atoms with Crippen LogP contribution in [0.5, 0.6) is 0 Å². The van der Waals surface area contributed by atoms with Gasteiger partial charge in [-0.25, -0.2) is 4.79 Å². The van der Waals surface area contributed by atoms with Crippen LogP contribution in [0, 0.1) is 0 Å². The summed E-state index contributed by atoms with van der Waals surface area (Å²) >= 11 is 0. The second-order valence-corrected chi connectivity index (χ2v) is 7.01. The van der Waals surface area contributed by atoms with E-state index in [1.165, 1.54) is 0 Å². The van der Waals surface area contributed by atoms with Crippen LogP contribution in [0.2, 0.25) is 0 Å². The van der Waals surface area contributed by atoms with Gasteiger partial charge in [-0.2, -0.15) is 0 Å². The number of rotatable bonds is 6. The van der Waals surface area contributed by atoms with Crippen LogP contribution < -0.4 is 10.6 Å². The molecular formula is C20H26N2O4. The molecule has 0 fully saturated rings. The fourth-order valence-electron chi connectivity index (χ4n) is 2.32. The Bertz CT molecular complexity index is 713. The van der Waals surface area contributed by atoms with Crippen molar-refractivity contribution in [3.63, 3.8) is 0 Å². The van der Waals surface area contributed by atoms with Crippen LogP contribution >= 0.6 is 0 Å². The largest absolute Gasteiger partial charge is 0.444 e. The first-order valence-electron chi connectivity index (χ1n) is 8.49. The number of aliphatic hydroxyl groups excluding tert-OH is 2. The predicted molar refractivity (Wildman–Crippen MR) is 101 cm³/mol. The summed E-state index contributed by atoms with van der Waals surface area (Å²) in [6.07, 6.45) is -2.93. The van der Waals surface area contributed by atoms with Crippen molar-refractivity contribution in [1.29, 1.82) is 0 Å². The van der Waals surface area contributed by atoms with Crippen molar-refractivity contribution >= 4 is 17.5 Å². The monoisotopic (exact) mass is 358 g/mol. The molecule has 2 aromatic rings. The first kappa shape index (κ1) is 19.8. The molecule has 2 aromatic carbocycles. The Morgan fingerprint density at radius 3 is 2.35 bits per heavy atom. The van der Waals surface area contributed by atoms with Crippen LogP contribution in [-0.2, 0) is 4.74 Å². The number of carbonyl (C=O) groups is 1. The number of hydrogen-bond donors (Lipinski definition) is 4. The van der Waals surface area contributed by atoms with Gasteiger partial charge in [-0.1, -0.05) is 30.3 Å². The number of hydrogen-bond acceptors (Lipinski definition) is 5. The molecule has 1 amide bonds. The molecule has 0 spiro atoms. The Kier molecular flexibility index (Phi) is 6.60. The molecule has 0 saturated heterocycles. The van der Waals surface area contributed by atoms with Gasteiger partial charge in [0.15, 0.2) is 0 Å². The molecule has 2 rings (SSSR count). The molecule has 0 aromatic heterocycles. The Morgan fingerprint density at radius 1 is 1.04 bits per heavy atom. The molecule has 0 aliphatic rings. The van der Waals surface area contributed by atoms with E-state index in [-0.39, 0.29) is 6.54 Å². The molecular weight excluding hydrogens is 332 g/mol. The van der Waals surface area contributed by atoms with Crippen LogP contribution in [0.3, 0.4) is 0 Å². The molecule has 0 saturated carbocycles. The van der Waals surface area contributed by atoms with Gasteiger partial charge in [0, 0.05) is 17.9 Å².